The number of pyridine rings is 1. The molecule has 0 bridgehead atoms. The van der Waals surface area contributed by atoms with Gasteiger partial charge in [0.2, 0.25) is 0 Å². The first kappa shape index (κ1) is 14.5. The van der Waals surface area contributed by atoms with Gasteiger partial charge in [-0.2, -0.15) is 0 Å². The molecule has 4 N–H and O–H groups in total. The molecule has 0 aromatic carbocycles. The summed E-state index contributed by atoms with van der Waals surface area (Å²) in [4.78, 5) is 19.8. The van der Waals surface area contributed by atoms with Gasteiger partial charge in [0.15, 0.2) is 17.3 Å². The molecule has 2 aromatic rings. The van der Waals surface area contributed by atoms with Crippen molar-refractivity contribution in [1.82, 2.24) is 14.5 Å². The van der Waals surface area contributed by atoms with Gasteiger partial charge in [0.05, 0.1) is 18.6 Å². The van der Waals surface area contributed by atoms with E-state index in [1.54, 1.807) is 0 Å². The zero-order valence-corrected chi connectivity index (χ0v) is 11.5. The fourth-order valence-electron chi connectivity index (χ4n) is 2.66. The SMILES string of the molecule is C#C[C@H]1[C@@H](O)[C@H](n2ccc(=O)c3c(N)ncnc32)O[C@@H]1CO. The molecular formula is C14H14N4O4. The second-order valence-electron chi connectivity index (χ2n) is 4.98. The van der Waals surface area contributed by atoms with E-state index >= 15 is 0 Å². The predicted octanol–water partition coefficient (Wildman–Crippen LogP) is -1.13. The maximum Gasteiger partial charge on any atom is 0.194 e. The van der Waals surface area contributed by atoms with Crippen molar-refractivity contribution in [1.29, 1.82) is 0 Å². The van der Waals surface area contributed by atoms with Crippen LogP contribution in [0.5, 0.6) is 0 Å². The minimum atomic E-state index is -1.05. The number of nitrogens with two attached hydrogens (primary N) is 1. The molecular weight excluding hydrogens is 288 g/mol. The van der Waals surface area contributed by atoms with E-state index in [9.17, 15) is 15.0 Å². The molecule has 2 aromatic heterocycles. The predicted molar refractivity (Wildman–Crippen MR) is 77.5 cm³/mol. The summed E-state index contributed by atoms with van der Waals surface area (Å²) in [6, 6.07) is 1.29. The molecule has 1 fully saturated rings. The van der Waals surface area contributed by atoms with Crippen molar-refractivity contribution < 1.29 is 14.9 Å². The van der Waals surface area contributed by atoms with Gasteiger partial charge in [-0.15, -0.1) is 6.42 Å². The third-order valence-corrected chi connectivity index (χ3v) is 3.76. The summed E-state index contributed by atoms with van der Waals surface area (Å²) >= 11 is 0. The number of nitrogens with zero attached hydrogens (tertiary/aromatic N) is 3. The second kappa shape index (κ2) is 5.38. The molecule has 22 heavy (non-hydrogen) atoms. The Bertz CT molecular complexity index is 813. The van der Waals surface area contributed by atoms with Gasteiger partial charge in [-0.05, 0) is 0 Å². The second-order valence-corrected chi connectivity index (χ2v) is 4.98. The van der Waals surface area contributed by atoms with Crippen LogP contribution in [0.3, 0.4) is 0 Å². The van der Waals surface area contributed by atoms with Crippen LogP contribution in [-0.2, 0) is 4.74 Å². The minimum absolute atomic E-state index is 0.0454. The first-order valence-electron chi connectivity index (χ1n) is 6.60. The monoisotopic (exact) mass is 302 g/mol. The van der Waals surface area contributed by atoms with Gasteiger partial charge in [0, 0.05) is 12.3 Å². The Kier molecular flexibility index (Phi) is 3.54. The lowest BCUT2D eigenvalue weighted by molar-refractivity contribution is -0.0490. The van der Waals surface area contributed by atoms with Crippen LogP contribution in [-0.4, -0.2) is 43.6 Å². The quantitative estimate of drug-likeness (QED) is 0.600. The van der Waals surface area contributed by atoms with Crippen LogP contribution in [0.1, 0.15) is 6.23 Å². The lowest BCUT2D eigenvalue weighted by Crippen LogP contribution is -2.27. The molecule has 1 aliphatic heterocycles. The maximum atomic E-state index is 11.9. The maximum absolute atomic E-state index is 11.9. The van der Waals surface area contributed by atoms with E-state index in [4.69, 9.17) is 16.9 Å². The van der Waals surface area contributed by atoms with Gasteiger partial charge in [-0.25, -0.2) is 9.97 Å². The summed E-state index contributed by atoms with van der Waals surface area (Å²) in [7, 11) is 0. The lowest BCUT2D eigenvalue weighted by Gasteiger charge is -2.20. The van der Waals surface area contributed by atoms with Crippen LogP contribution >= 0.6 is 0 Å². The Labute approximate surface area is 125 Å². The standard InChI is InChI=1S/C14H14N4O4/c1-2-7-9(5-19)22-14(11(7)21)18-4-3-8(20)10-12(15)16-6-17-13(10)18/h1,3-4,6-7,9,11,14,19,21H,5H2,(H2,15,16,17)/t7-,9-,11-,14-/m1/s1. The molecule has 4 atom stereocenters. The molecule has 0 spiro atoms. The summed E-state index contributed by atoms with van der Waals surface area (Å²) in [5.74, 6) is 1.80. The molecule has 0 unspecified atom stereocenters. The average molecular weight is 302 g/mol. The molecule has 0 aliphatic carbocycles. The van der Waals surface area contributed by atoms with Crippen molar-refractivity contribution in [3.63, 3.8) is 0 Å². The minimum Gasteiger partial charge on any atom is -0.394 e. The molecule has 0 saturated carbocycles. The van der Waals surface area contributed by atoms with E-state index in [1.807, 2.05) is 0 Å². The molecule has 0 radical (unpaired) electrons. The van der Waals surface area contributed by atoms with E-state index < -0.39 is 24.4 Å². The summed E-state index contributed by atoms with van der Waals surface area (Å²) in [5.41, 5.74) is 5.63. The number of rotatable bonds is 2. The van der Waals surface area contributed by atoms with Crippen LogP contribution in [0.25, 0.3) is 11.0 Å². The van der Waals surface area contributed by atoms with E-state index in [1.165, 1.54) is 23.2 Å². The van der Waals surface area contributed by atoms with Crippen molar-refractivity contribution in [2.24, 2.45) is 5.92 Å². The van der Waals surface area contributed by atoms with Crippen molar-refractivity contribution in [2.45, 2.75) is 18.4 Å². The Morgan fingerprint density at radius 1 is 1.50 bits per heavy atom. The molecule has 1 aliphatic rings. The number of anilines is 1. The fourth-order valence-corrected chi connectivity index (χ4v) is 2.66. The Balaban J connectivity index is 2.16. The van der Waals surface area contributed by atoms with Gasteiger partial charge in [-0.1, -0.05) is 5.92 Å². The lowest BCUT2D eigenvalue weighted by atomic mass is 9.99. The highest BCUT2D eigenvalue weighted by molar-refractivity contribution is 5.84. The number of aromatic nitrogens is 3. The fraction of sp³-hybridized carbons (Fsp3) is 0.357. The number of terminal acetylenes is 1. The summed E-state index contributed by atoms with van der Waals surface area (Å²) in [5, 5.41) is 19.8. The van der Waals surface area contributed by atoms with Crippen LogP contribution in [0.4, 0.5) is 5.82 Å². The number of aliphatic hydroxyl groups excluding tert-OH is 2. The number of fused-ring (bicyclic) bond motifs is 1. The van der Waals surface area contributed by atoms with Crippen molar-refractivity contribution in [3.8, 4) is 12.3 Å². The highest BCUT2D eigenvalue weighted by atomic mass is 16.5. The number of hydrogen-bond acceptors (Lipinski definition) is 7. The van der Waals surface area contributed by atoms with Crippen LogP contribution < -0.4 is 11.2 Å². The number of ether oxygens (including phenoxy) is 1. The molecule has 3 rings (SSSR count). The van der Waals surface area contributed by atoms with Gasteiger partial charge in [-0.3, -0.25) is 4.79 Å². The number of hydrogen-bond donors (Lipinski definition) is 3. The molecule has 8 nitrogen and oxygen atoms in total. The zero-order valence-electron chi connectivity index (χ0n) is 11.5. The summed E-state index contributed by atoms with van der Waals surface area (Å²) < 4.78 is 7.09. The van der Waals surface area contributed by atoms with Crippen molar-refractivity contribution in [2.75, 3.05) is 12.3 Å². The largest absolute Gasteiger partial charge is 0.394 e. The van der Waals surface area contributed by atoms with E-state index in [0.29, 0.717) is 0 Å². The average Bonchev–Trinajstić information content (AvgIpc) is 2.83. The molecule has 3 heterocycles. The Hall–Kier alpha value is -2.47. The van der Waals surface area contributed by atoms with Gasteiger partial charge in [0.25, 0.3) is 0 Å². The number of aliphatic hydroxyl groups is 2. The van der Waals surface area contributed by atoms with Crippen LogP contribution in [0.15, 0.2) is 23.4 Å². The molecule has 114 valence electrons. The Morgan fingerprint density at radius 3 is 2.91 bits per heavy atom. The van der Waals surface area contributed by atoms with Crippen molar-refractivity contribution in [3.05, 3.63) is 28.8 Å². The highest BCUT2D eigenvalue weighted by Gasteiger charge is 2.43. The zero-order chi connectivity index (χ0) is 15.9. The smallest absolute Gasteiger partial charge is 0.194 e. The third kappa shape index (κ3) is 2.03. The molecule has 1 saturated heterocycles. The van der Waals surface area contributed by atoms with E-state index in [-0.39, 0.29) is 28.9 Å². The Morgan fingerprint density at radius 2 is 2.27 bits per heavy atom. The normalized spacial score (nSPS) is 27.9. The highest BCUT2D eigenvalue weighted by Crippen LogP contribution is 2.34. The van der Waals surface area contributed by atoms with Crippen LogP contribution in [0.2, 0.25) is 0 Å². The first-order chi connectivity index (χ1) is 10.6. The molecule has 8 heteroatoms. The van der Waals surface area contributed by atoms with Crippen LogP contribution in [0, 0.1) is 18.3 Å². The third-order valence-electron chi connectivity index (χ3n) is 3.76. The topological polar surface area (TPSA) is 123 Å². The molecule has 0 amide bonds. The summed E-state index contributed by atoms with van der Waals surface area (Å²) in [6.07, 6.45) is 5.42. The van der Waals surface area contributed by atoms with Crippen molar-refractivity contribution >= 4 is 16.9 Å². The van der Waals surface area contributed by atoms with Gasteiger partial charge < -0.3 is 25.3 Å². The van der Waals surface area contributed by atoms with Gasteiger partial charge >= 0.3 is 0 Å². The number of nitrogen functional groups attached to an aromatic ring is 1. The van der Waals surface area contributed by atoms with E-state index in [0.717, 1.165) is 0 Å². The van der Waals surface area contributed by atoms with E-state index in [2.05, 4.69) is 15.9 Å². The van der Waals surface area contributed by atoms with Gasteiger partial charge in [0.1, 0.15) is 23.6 Å². The summed E-state index contributed by atoms with van der Waals surface area (Å²) in [6.45, 7) is -0.322. The first-order valence-corrected chi connectivity index (χ1v) is 6.60.